The Bertz CT molecular complexity index is 1440. The zero-order chi connectivity index (χ0) is 25.8. The molecule has 11 nitrogen and oxygen atoms in total. The van der Waals surface area contributed by atoms with E-state index in [-0.39, 0.29) is 22.9 Å². The number of benzene rings is 2. The summed E-state index contributed by atoms with van der Waals surface area (Å²) in [5, 5.41) is 15.2. The number of nitrogens with two attached hydrogens (primary N) is 1. The van der Waals surface area contributed by atoms with E-state index in [4.69, 9.17) is 10.5 Å². The number of amides is 1. The number of hydrogen-bond donors (Lipinski definition) is 4. The van der Waals surface area contributed by atoms with Gasteiger partial charge in [0.15, 0.2) is 10.8 Å². The van der Waals surface area contributed by atoms with E-state index in [0.717, 1.165) is 15.9 Å². The van der Waals surface area contributed by atoms with Gasteiger partial charge in [-0.15, -0.1) is 11.3 Å². The molecule has 0 radical (unpaired) electrons. The second-order valence-corrected chi connectivity index (χ2v) is 8.57. The molecular formula is C24H23N5O6S. The lowest BCUT2D eigenvalue weighted by atomic mass is 10.0. The van der Waals surface area contributed by atoms with Crippen molar-refractivity contribution < 1.29 is 24.2 Å². The number of aromatic amines is 1. The van der Waals surface area contributed by atoms with Crippen LogP contribution in [0.2, 0.25) is 0 Å². The maximum Gasteiger partial charge on any atom is 0.357 e. The highest BCUT2D eigenvalue weighted by Crippen LogP contribution is 2.31. The van der Waals surface area contributed by atoms with Crippen molar-refractivity contribution in [3.8, 4) is 22.9 Å². The van der Waals surface area contributed by atoms with Gasteiger partial charge in [-0.05, 0) is 42.0 Å². The van der Waals surface area contributed by atoms with E-state index in [1.807, 2.05) is 0 Å². The number of carbonyl (C=O) groups excluding carboxylic acids is 2. The van der Waals surface area contributed by atoms with E-state index in [0.29, 0.717) is 22.6 Å². The van der Waals surface area contributed by atoms with Crippen molar-refractivity contribution in [3.05, 3.63) is 75.7 Å². The number of nitrogens with one attached hydrogen (secondary N) is 2. The molecule has 1 atom stereocenters. The van der Waals surface area contributed by atoms with Gasteiger partial charge in [0.1, 0.15) is 17.5 Å². The predicted octanol–water partition coefficient (Wildman–Crippen LogP) is 2.81. The fourth-order valence-corrected chi connectivity index (χ4v) is 4.27. The first-order valence-electron chi connectivity index (χ1n) is 10.7. The molecule has 0 saturated heterocycles. The highest BCUT2D eigenvalue weighted by Gasteiger charge is 2.29. The number of anilines is 2. The Balaban J connectivity index is 1.71. The molecule has 0 aliphatic rings. The molecule has 0 aliphatic heterocycles. The number of ether oxygens (including phenoxy) is 2. The van der Waals surface area contributed by atoms with Crippen molar-refractivity contribution in [1.82, 2.24) is 14.5 Å². The van der Waals surface area contributed by atoms with E-state index >= 15 is 0 Å². The number of nitrogens with zero attached hydrogens (tertiary/aromatic N) is 2. The van der Waals surface area contributed by atoms with Crippen LogP contribution in [0, 0.1) is 0 Å². The highest BCUT2D eigenvalue weighted by molar-refractivity contribution is 7.14. The van der Waals surface area contributed by atoms with Crippen LogP contribution < -0.4 is 21.5 Å². The van der Waals surface area contributed by atoms with E-state index < -0.39 is 29.5 Å². The lowest BCUT2D eigenvalue weighted by Crippen LogP contribution is -2.33. The summed E-state index contributed by atoms with van der Waals surface area (Å²) in [6, 6.07) is 12.4. The molecule has 0 spiro atoms. The van der Waals surface area contributed by atoms with E-state index in [9.17, 15) is 19.5 Å². The number of rotatable bonds is 8. The largest absolute Gasteiger partial charge is 0.497 e. The van der Waals surface area contributed by atoms with Crippen LogP contribution in [0.1, 0.15) is 22.1 Å². The Morgan fingerprint density at radius 1 is 1.17 bits per heavy atom. The Morgan fingerprint density at radius 3 is 2.50 bits per heavy atom. The second kappa shape index (κ2) is 10.4. The van der Waals surface area contributed by atoms with Gasteiger partial charge < -0.3 is 30.6 Å². The minimum absolute atomic E-state index is 0.0383. The molecule has 1 amide bonds. The minimum atomic E-state index is -1.16. The van der Waals surface area contributed by atoms with Gasteiger partial charge in [-0.1, -0.05) is 12.1 Å². The second-order valence-electron chi connectivity index (χ2n) is 7.71. The number of hydrogen-bond acceptors (Lipinski definition) is 9. The number of H-pyrrole nitrogens is 1. The van der Waals surface area contributed by atoms with Gasteiger partial charge in [-0.25, -0.2) is 19.1 Å². The SMILES string of the molecule is COC(=O)c1csc(NC(=O)[C@H](Cc2ccc(N)cc2)n2c(O)c(-c3ccc(OC)cc3)[nH]c2=O)n1. The number of carbonyl (C=O) groups is 2. The molecule has 0 unspecified atom stereocenters. The molecule has 2 aromatic carbocycles. The maximum absolute atomic E-state index is 13.4. The van der Waals surface area contributed by atoms with Crippen molar-refractivity contribution in [1.29, 1.82) is 0 Å². The first-order chi connectivity index (χ1) is 17.3. The number of nitrogen functional groups attached to an aromatic ring is 1. The van der Waals surface area contributed by atoms with E-state index in [1.165, 1.54) is 19.6 Å². The van der Waals surface area contributed by atoms with Gasteiger partial charge in [0, 0.05) is 23.1 Å². The van der Waals surface area contributed by atoms with Gasteiger partial charge in [-0.3, -0.25) is 4.79 Å². The fraction of sp³-hybridized carbons (Fsp3) is 0.167. The summed E-state index contributed by atoms with van der Waals surface area (Å²) in [6.07, 6.45) is 0.0642. The minimum Gasteiger partial charge on any atom is -0.497 e. The lowest BCUT2D eigenvalue weighted by molar-refractivity contribution is -0.119. The van der Waals surface area contributed by atoms with Crippen LogP contribution in [0.3, 0.4) is 0 Å². The first kappa shape index (κ1) is 24.5. The molecule has 2 aromatic heterocycles. The van der Waals surface area contributed by atoms with Gasteiger partial charge in [-0.2, -0.15) is 0 Å². The van der Waals surface area contributed by atoms with Crippen molar-refractivity contribution >= 4 is 34.0 Å². The standard InChI is InChI=1S/C24H23N5O6S/c1-34-16-9-5-14(6-10-16)19-21(31)29(24(33)27-19)18(11-13-3-7-15(25)8-4-13)20(30)28-23-26-17(12-36-23)22(32)35-2/h3-10,12,18,31H,11,25H2,1-2H3,(H,27,33)(H,26,28,30)/t18-/m0/s1. The summed E-state index contributed by atoms with van der Waals surface area (Å²) in [6.45, 7) is 0. The van der Waals surface area contributed by atoms with Gasteiger partial charge >= 0.3 is 11.7 Å². The number of aromatic hydroxyl groups is 1. The number of esters is 1. The number of imidazole rings is 1. The summed E-state index contributed by atoms with van der Waals surface area (Å²) < 4.78 is 10.8. The third-order valence-electron chi connectivity index (χ3n) is 5.43. The molecule has 0 saturated carbocycles. The predicted molar refractivity (Wildman–Crippen MR) is 134 cm³/mol. The van der Waals surface area contributed by atoms with Crippen LogP contribution in [0.5, 0.6) is 11.6 Å². The van der Waals surface area contributed by atoms with Crippen LogP contribution in [0.25, 0.3) is 11.3 Å². The molecule has 4 rings (SSSR count). The molecule has 5 N–H and O–H groups in total. The van der Waals surface area contributed by atoms with Crippen molar-refractivity contribution in [2.75, 3.05) is 25.3 Å². The highest BCUT2D eigenvalue weighted by atomic mass is 32.1. The monoisotopic (exact) mass is 509 g/mol. The van der Waals surface area contributed by atoms with Crippen molar-refractivity contribution in [2.24, 2.45) is 0 Å². The number of methoxy groups -OCH3 is 2. The van der Waals surface area contributed by atoms with Crippen molar-refractivity contribution in [2.45, 2.75) is 12.5 Å². The zero-order valence-corrected chi connectivity index (χ0v) is 20.2. The maximum atomic E-state index is 13.4. The van der Waals surface area contributed by atoms with Crippen LogP contribution >= 0.6 is 11.3 Å². The Morgan fingerprint density at radius 2 is 1.86 bits per heavy atom. The zero-order valence-electron chi connectivity index (χ0n) is 19.3. The first-order valence-corrected chi connectivity index (χ1v) is 11.6. The van der Waals surface area contributed by atoms with Crippen molar-refractivity contribution in [3.63, 3.8) is 0 Å². The molecule has 0 aliphatic carbocycles. The molecule has 4 aromatic rings. The molecule has 12 heteroatoms. The molecule has 186 valence electrons. The average molecular weight is 510 g/mol. The van der Waals surface area contributed by atoms with Gasteiger partial charge in [0.25, 0.3) is 0 Å². The van der Waals surface area contributed by atoms with Crippen LogP contribution in [0.15, 0.2) is 58.7 Å². The van der Waals surface area contributed by atoms with Crippen LogP contribution in [-0.2, 0) is 16.0 Å². The average Bonchev–Trinajstić information content (AvgIpc) is 3.47. The summed E-state index contributed by atoms with van der Waals surface area (Å²) in [5.41, 5.74) is 7.06. The normalized spacial score (nSPS) is 11.6. The smallest absolute Gasteiger partial charge is 0.357 e. The number of thiazole rings is 1. The molecule has 0 bridgehead atoms. The van der Waals surface area contributed by atoms with Gasteiger partial charge in [0.05, 0.1) is 14.2 Å². The van der Waals surface area contributed by atoms with Crippen LogP contribution in [0.4, 0.5) is 10.8 Å². The van der Waals surface area contributed by atoms with E-state index in [1.54, 1.807) is 48.5 Å². The third-order valence-corrected chi connectivity index (χ3v) is 6.19. The molecular weight excluding hydrogens is 486 g/mol. The third kappa shape index (κ3) is 5.08. The van der Waals surface area contributed by atoms with Crippen LogP contribution in [-0.4, -0.2) is 45.7 Å². The fourth-order valence-electron chi connectivity index (χ4n) is 3.58. The Kier molecular flexibility index (Phi) is 7.06. The summed E-state index contributed by atoms with van der Waals surface area (Å²) in [7, 11) is 2.76. The quantitative estimate of drug-likeness (QED) is 0.208. The summed E-state index contributed by atoms with van der Waals surface area (Å²) in [4.78, 5) is 44.8. The lowest BCUT2D eigenvalue weighted by Gasteiger charge is -2.18. The van der Waals surface area contributed by atoms with Gasteiger partial charge in [0.2, 0.25) is 11.8 Å². The summed E-state index contributed by atoms with van der Waals surface area (Å²) in [5.74, 6) is -1.06. The van der Waals surface area contributed by atoms with E-state index in [2.05, 4.69) is 20.0 Å². The molecule has 36 heavy (non-hydrogen) atoms. The topological polar surface area (TPSA) is 162 Å². The molecule has 0 fully saturated rings. The Labute approximate surface area is 209 Å². The summed E-state index contributed by atoms with van der Waals surface area (Å²) >= 11 is 1.03. The molecule has 2 heterocycles. The number of aromatic nitrogens is 3. The Hall–Kier alpha value is -4.58.